The van der Waals surface area contributed by atoms with Gasteiger partial charge in [-0.2, -0.15) is 0 Å². The smallest absolute Gasteiger partial charge is 0.0267 e. The fourth-order valence-electron chi connectivity index (χ4n) is 0.515. The van der Waals surface area contributed by atoms with Crippen LogP contribution in [0.3, 0.4) is 0 Å². The summed E-state index contributed by atoms with van der Waals surface area (Å²) in [7, 11) is 0. The zero-order valence-electron chi connectivity index (χ0n) is 8.97. The zero-order valence-corrected chi connectivity index (χ0v) is 8.97. The van der Waals surface area contributed by atoms with Crippen molar-refractivity contribution in [3.05, 3.63) is 25.3 Å². The fourth-order valence-corrected chi connectivity index (χ4v) is 0.515. The lowest BCUT2D eigenvalue weighted by molar-refractivity contribution is 0.700. The van der Waals surface area contributed by atoms with Gasteiger partial charge in [-0.1, -0.05) is 52.2 Å². The van der Waals surface area contributed by atoms with Crippen LogP contribution in [0.15, 0.2) is 25.3 Å². The topological polar surface area (TPSA) is 0 Å². The molecule has 0 saturated heterocycles. The number of allylic oxidation sites excluding steroid dienone is 2. The van der Waals surface area contributed by atoms with Crippen molar-refractivity contribution in [3.8, 4) is 0 Å². The minimum atomic E-state index is 0.699. The summed E-state index contributed by atoms with van der Waals surface area (Å²) in [5.74, 6) is 0.699. The van der Waals surface area contributed by atoms with Crippen LogP contribution in [0.1, 0.15) is 46.5 Å². The molecule has 0 heteroatoms. The maximum atomic E-state index is 3.63. The summed E-state index contributed by atoms with van der Waals surface area (Å²) in [6.45, 7) is 13.7. The highest BCUT2D eigenvalue weighted by atomic mass is 13.9. The summed E-state index contributed by atoms with van der Waals surface area (Å²) in [5, 5.41) is 0. The van der Waals surface area contributed by atoms with Crippen molar-refractivity contribution in [2.75, 3.05) is 0 Å². The molecule has 1 atom stereocenters. The molecular weight excluding hydrogens is 144 g/mol. The van der Waals surface area contributed by atoms with E-state index in [1.165, 1.54) is 25.7 Å². The van der Waals surface area contributed by atoms with Gasteiger partial charge in [0.2, 0.25) is 0 Å². The molecule has 72 valence electrons. The van der Waals surface area contributed by atoms with Crippen molar-refractivity contribution in [1.29, 1.82) is 0 Å². The Morgan fingerprint density at radius 3 is 1.92 bits per heavy atom. The fraction of sp³-hybridized carbons (Fsp3) is 0.667. The minimum absolute atomic E-state index is 0.699. The van der Waals surface area contributed by atoms with Crippen LogP contribution in [0.4, 0.5) is 0 Å². The Kier molecular flexibility index (Phi) is 15.3. The van der Waals surface area contributed by atoms with Gasteiger partial charge in [0.05, 0.1) is 0 Å². The molecule has 0 heterocycles. The van der Waals surface area contributed by atoms with Crippen LogP contribution >= 0.6 is 0 Å². The average molecular weight is 168 g/mol. The van der Waals surface area contributed by atoms with E-state index in [9.17, 15) is 0 Å². The molecule has 0 aliphatic rings. The molecule has 0 aromatic carbocycles. The van der Waals surface area contributed by atoms with E-state index in [1.54, 1.807) is 0 Å². The third-order valence-corrected chi connectivity index (χ3v) is 1.81. The van der Waals surface area contributed by atoms with E-state index in [4.69, 9.17) is 0 Å². The van der Waals surface area contributed by atoms with Crippen molar-refractivity contribution < 1.29 is 0 Å². The minimum Gasteiger partial charge on any atom is -0.103 e. The standard InChI is InChI=1S/2C6H12/c1-4-6(3)5-2;1-3-5-6-4-2/h4,6H,1,5H2,2-3H3;3H,1,4-6H2,2H3. The second-order valence-corrected chi connectivity index (χ2v) is 3.05. The normalized spacial score (nSPS) is 10.9. The number of hydrogen-bond donors (Lipinski definition) is 0. The van der Waals surface area contributed by atoms with E-state index in [0.717, 1.165) is 0 Å². The van der Waals surface area contributed by atoms with E-state index in [0.29, 0.717) is 5.92 Å². The molecule has 0 bridgehead atoms. The van der Waals surface area contributed by atoms with E-state index in [2.05, 4.69) is 33.9 Å². The van der Waals surface area contributed by atoms with Crippen molar-refractivity contribution >= 4 is 0 Å². The van der Waals surface area contributed by atoms with Crippen LogP contribution < -0.4 is 0 Å². The third kappa shape index (κ3) is 16.2. The molecule has 0 aliphatic carbocycles. The third-order valence-electron chi connectivity index (χ3n) is 1.81. The lowest BCUT2D eigenvalue weighted by atomic mass is 10.1. The van der Waals surface area contributed by atoms with Gasteiger partial charge in [0, 0.05) is 0 Å². The van der Waals surface area contributed by atoms with E-state index < -0.39 is 0 Å². The van der Waals surface area contributed by atoms with Gasteiger partial charge in [0.1, 0.15) is 0 Å². The molecule has 0 rings (SSSR count). The van der Waals surface area contributed by atoms with Gasteiger partial charge in [-0.15, -0.1) is 13.2 Å². The Morgan fingerprint density at radius 1 is 1.25 bits per heavy atom. The second-order valence-electron chi connectivity index (χ2n) is 3.05. The summed E-state index contributed by atoms with van der Waals surface area (Å²) >= 11 is 0. The molecule has 0 radical (unpaired) electrons. The summed E-state index contributed by atoms with van der Waals surface area (Å²) in [6.07, 6.45) is 8.90. The molecule has 12 heavy (non-hydrogen) atoms. The van der Waals surface area contributed by atoms with Crippen LogP contribution in [0.2, 0.25) is 0 Å². The van der Waals surface area contributed by atoms with Crippen molar-refractivity contribution in [3.63, 3.8) is 0 Å². The van der Waals surface area contributed by atoms with Crippen molar-refractivity contribution in [2.24, 2.45) is 5.92 Å². The van der Waals surface area contributed by atoms with Gasteiger partial charge in [-0.3, -0.25) is 0 Å². The molecule has 0 N–H and O–H groups in total. The molecule has 0 amide bonds. The second kappa shape index (κ2) is 13.1. The Bertz CT molecular complexity index is 92.2. The number of unbranched alkanes of at least 4 members (excludes halogenated alkanes) is 2. The predicted molar refractivity (Wildman–Crippen MR) is 59.4 cm³/mol. The first-order chi connectivity index (χ1) is 5.72. The molecule has 0 spiro atoms. The summed E-state index contributed by atoms with van der Waals surface area (Å²) < 4.78 is 0. The molecule has 0 nitrogen and oxygen atoms in total. The summed E-state index contributed by atoms with van der Waals surface area (Å²) in [5.41, 5.74) is 0. The molecule has 0 aromatic heterocycles. The molecule has 1 unspecified atom stereocenters. The van der Waals surface area contributed by atoms with E-state index in [-0.39, 0.29) is 0 Å². The monoisotopic (exact) mass is 168 g/mol. The van der Waals surface area contributed by atoms with Gasteiger partial charge in [-0.25, -0.2) is 0 Å². The Morgan fingerprint density at radius 2 is 1.83 bits per heavy atom. The first-order valence-electron chi connectivity index (χ1n) is 4.96. The van der Waals surface area contributed by atoms with Crippen LogP contribution in [0.5, 0.6) is 0 Å². The number of hydrogen-bond acceptors (Lipinski definition) is 0. The first-order valence-corrected chi connectivity index (χ1v) is 4.96. The van der Waals surface area contributed by atoms with E-state index >= 15 is 0 Å². The first kappa shape index (κ1) is 14.0. The van der Waals surface area contributed by atoms with Gasteiger partial charge in [-0.05, 0) is 12.3 Å². The van der Waals surface area contributed by atoms with Crippen LogP contribution in [-0.2, 0) is 0 Å². The average Bonchev–Trinajstić information content (AvgIpc) is 2.14. The largest absolute Gasteiger partial charge is 0.103 e. The van der Waals surface area contributed by atoms with Crippen LogP contribution in [0.25, 0.3) is 0 Å². The Labute approximate surface area is 78.4 Å². The Hall–Kier alpha value is -0.520. The highest BCUT2D eigenvalue weighted by Crippen LogP contribution is 1.98. The molecule has 0 aromatic rings. The van der Waals surface area contributed by atoms with Gasteiger partial charge in [0.25, 0.3) is 0 Å². The molecule has 0 fully saturated rings. The van der Waals surface area contributed by atoms with Crippen LogP contribution in [0, 0.1) is 5.92 Å². The summed E-state index contributed by atoms with van der Waals surface area (Å²) in [4.78, 5) is 0. The maximum Gasteiger partial charge on any atom is -0.0267 e. The maximum absolute atomic E-state index is 3.63. The van der Waals surface area contributed by atoms with Crippen molar-refractivity contribution in [1.82, 2.24) is 0 Å². The number of rotatable bonds is 5. The molecular formula is C12H24. The summed E-state index contributed by atoms with van der Waals surface area (Å²) in [6, 6.07) is 0. The van der Waals surface area contributed by atoms with Crippen LogP contribution in [-0.4, -0.2) is 0 Å². The molecule has 0 aliphatic heterocycles. The van der Waals surface area contributed by atoms with Gasteiger partial charge < -0.3 is 0 Å². The highest BCUT2D eigenvalue weighted by molar-refractivity contribution is 4.72. The van der Waals surface area contributed by atoms with E-state index in [1.807, 2.05) is 12.2 Å². The van der Waals surface area contributed by atoms with Crippen molar-refractivity contribution in [2.45, 2.75) is 46.5 Å². The zero-order chi connectivity index (χ0) is 9.82. The van der Waals surface area contributed by atoms with Gasteiger partial charge >= 0.3 is 0 Å². The lowest BCUT2D eigenvalue weighted by Crippen LogP contribution is -1.80. The Balaban J connectivity index is 0. The highest BCUT2D eigenvalue weighted by Gasteiger charge is 1.84. The predicted octanol–water partition coefficient (Wildman–Crippen LogP) is 4.58. The molecule has 0 saturated carbocycles. The quantitative estimate of drug-likeness (QED) is 0.416. The van der Waals surface area contributed by atoms with Gasteiger partial charge in [0.15, 0.2) is 0 Å². The lowest BCUT2D eigenvalue weighted by Gasteiger charge is -1.93. The SMILES string of the molecule is C=CC(C)CC.C=CCCCC.